The molecule has 1 N–H and O–H groups in total. The smallest absolute Gasteiger partial charge is 0.264 e. The van der Waals surface area contributed by atoms with E-state index >= 15 is 0 Å². The van der Waals surface area contributed by atoms with Crippen molar-refractivity contribution in [3.05, 3.63) is 95.3 Å². The Kier molecular flexibility index (Phi) is 10.5. The molecule has 3 aromatic rings. The minimum Gasteiger partial charge on any atom is -0.352 e. The van der Waals surface area contributed by atoms with Gasteiger partial charge in [0.2, 0.25) is 11.8 Å². The van der Waals surface area contributed by atoms with Gasteiger partial charge in [0.1, 0.15) is 18.4 Å². The Hall–Kier alpha value is -3.72. The van der Waals surface area contributed by atoms with Gasteiger partial charge in [-0.2, -0.15) is 0 Å². The summed E-state index contributed by atoms with van der Waals surface area (Å²) >= 11 is 0. The number of carbonyl (C=O) groups is 2. The number of nitrogens with one attached hydrogen (secondary N) is 1. The highest BCUT2D eigenvalue weighted by atomic mass is 32.2. The topological polar surface area (TPSA) is 86.8 Å². The molecular weight excluding hydrogens is 529 g/mol. The maximum atomic E-state index is 14.0. The maximum absolute atomic E-state index is 14.0. The molecule has 0 spiro atoms. The van der Waals surface area contributed by atoms with Crippen LogP contribution in [0.3, 0.4) is 0 Å². The highest BCUT2D eigenvalue weighted by Gasteiger charge is 2.34. The summed E-state index contributed by atoms with van der Waals surface area (Å²) in [5.74, 6) is -1.38. The number of benzene rings is 3. The predicted molar refractivity (Wildman–Crippen MR) is 156 cm³/mol. The van der Waals surface area contributed by atoms with Gasteiger partial charge in [-0.1, -0.05) is 61.4 Å². The molecule has 0 aliphatic carbocycles. The normalized spacial score (nSPS) is 12.8. The van der Waals surface area contributed by atoms with E-state index in [0.29, 0.717) is 6.42 Å². The number of sulfonamides is 1. The Morgan fingerprint density at radius 3 is 1.93 bits per heavy atom. The van der Waals surface area contributed by atoms with Crippen LogP contribution in [0.4, 0.5) is 10.1 Å². The number of hydrogen-bond donors (Lipinski definition) is 1. The second-order valence-electron chi connectivity index (χ2n) is 10.1. The number of amides is 2. The van der Waals surface area contributed by atoms with Crippen LogP contribution in [0.15, 0.2) is 77.7 Å². The fourth-order valence-electron chi connectivity index (χ4n) is 4.22. The summed E-state index contributed by atoms with van der Waals surface area (Å²) in [7, 11) is -4.20. The van der Waals surface area contributed by atoms with E-state index in [2.05, 4.69) is 5.32 Å². The Morgan fingerprint density at radius 1 is 0.850 bits per heavy atom. The molecule has 0 aliphatic rings. The van der Waals surface area contributed by atoms with E-state index in [9.17, 15) is 22.4 Å². The lowest BCUT2D eigenvalue weighted by molar-refractivity contribution is -0.140. The van der Waals surface area contributed by atoms with Crippen LogP contribution in [0.2, 0.25) is 0 Å². The Labute approximate surface area is 237 Å². The molecule has 0 radical (unpaired) electrons. The Balaban J connectivity index is 2.04. The van der Waals surface area contributed by atoms with E-state index in [4.69, 9.17) is 0 Å². The SMILES string of the molecule is CC[C@@H](C)NC(=O)[C@H](CC)N(Cc1ccc(C)cc1)C(=O)CN(c1ccc(F)cc1)S(=O)(=O)c1ccc(C)cc1. The molecule has 3 aromatic carbocycles. The van der Waals surface area contributed by atoms with E-state index in [-0.39, 0.29) is 29.1 Å². The highest BCUT2D eigenvalue weighted by Crippen LogP contribution is 2.25. The molecule has 0 heterocycles. The van der Waals surface area contributed by atoms with Crippen LogP contribution in [-0.2, 0) is 26.2 Å². The second-order valence-corrected chi connectivity index (χ2v) is 11.9. The highest BCUT2D eigenvalue weighted by molar-refractivity contribution is 7.92. The molecule has 0 unspecified atom stereocenters. The van der Waals surface area contributed by atoms with Crippen molar-refractivity contribution in [2.75, 3.05) is 10.8 Å². The van der Waals surface area contributed by atoms with Crippen molar-refractivity contribution >= 4 is 27.5 Å². The maximum Gasteiger partial charge on any atom is 0.264 e. The Bertz CT molecular complexity index is 1390. The minimum atomic E-state index is -4.20. The number of carbonyl (C=O) groups excluding carboxylic acids is 2. The summed E-state index contributed by atoms with van der Waals surface area (Å²) in [6, 6.07) is 18.0. The number of anilines is 1. The average molecular weight is 568 g/mol. The van der Waals surface area contributed by atoms with E-state index in [1.807, 2.05) is 58.9 Å². The first-order valence-electron chi connectivity index (χ1n) is 13.5. The van der Waals surface area contributed by atoms with Crippen molar-refractivity contribution in [1.82, 2.24) is 10.2 Å². The van der Waals surface area contributed by atoms with Gasteiger partial charge in [-0.25, -0.2) is 12.8 Å². The molecule has 0 saturated carbocycles. The summed E-state index contributed by atoms with van der Waals surface area (Å²) < 4.78 is 42.4. The zero-order chi connectivity index (χ0) is 29.4. The average Bonchev–Trinajstić information content (AvgIpc) is 2.93. The minimum absolute atomic E-state index is 0.00173. The summed E-state index contributed by atoms with van der Waals surface area (Å²) in [5.41, 5.74) is 2.88. The largest absolute Gasteiger partial charge is 0.352 e. The first-order valence-corrected chi connectivity index (χ1v) is 14.9. The van der Waals surface area contributed by atoms with E-state index in [1.54, 1.807) is 12.1 Å². The molecular formula is C31H38FN3O4S. The quantitative estimate of drug-likeness (QED) is 0.319. The fraction of sp³-hybridized carbons (Fsp3) is 0.355. The monoisotopic (exact) mass is 567 g/mol. The van der Waals surface area contributed by atoms with Crippen LogP contribution in [0.1, 0.15) is 50.3 Å². The van der Waals surface area contributed by atoms with Gasteiger partial charge in [0.15, 0.2) is 0 Å². The van der Waals surface area contributed by atoms with Crippen molar-refractivity contribution in [3.63, 3.8) is 0 Å². The molecule has 2 atom stereocenters. The molecule has 3 rings (SSSR count). The van der Waals surface area contributed by atoms with Gasteiger partial charge in [-0.15, -0.1) is 0 Å². The van der Waals surface area contributed by atoms with Crippen LogP contribution in [0, 0.1) is 19.7 Å². The lowest BCUT2D eigenvalue weighted by Crippen LogP contribution is -2.53. The summed E-state index contributed by atoms with van der Waals surface area (Å²) in [5, 5.41) is 2.96. The number of nitrogens with zero attached hydrogens (tertiary/aromatic N) is 2. The number of halogens is 1. The molecule has 0 aliphatic heterocycles. The second kappa shape index (κ2) is 13.6. The first kappa shape index (κ1) is 30.8. The van der Waals surface area contributed by atoms with Gasteiger partial charge in [0.25, 0.3) is 10.0 Å². The van der Waals surface area contributed by atoms with Gasteiger partial charge in [0, 0.05) is 12.6 Å². The van der Waals surface area contributed by atoms with E-state index < -0.39 is 34.3 Å². The van der Waals surface area contributed by atoms with Gasteiger partial charge in [-0.3, -0.25) is 13.9 Å². The molecule has 0 saturated heterocycles. The summed E-state index contributed by atoms with van der Waals surface area (Å²) in [6.07, 6.45) is 1.06. The van der Waals surface area contributed by atoms with Crippen LogP contribution in [0.25, 0.3) is 0 Å². The predicted octanol–water partition coefficient (Wildman–Crippen LogP) is 5.36. The van der Waals surface area contributed by atoms with E-state index in [1.165, 1.54) is 29.2 Å². The molecule has 0 aromatic heterocycles. The van der Waals surface area contributed by atoms with Crippen molar-refractivity contribution in [3.8, 4) is 0 Å². The molecule has 40 heavy (non-hydrogen) atoms. The van der Waals surface area contributed by atoms with Crippen molar-refractivity contribution in [2.45, 2.75) is 71.0 Å². The number of rotatable bonds is 12. The van der Waals surface area contributed by atoms with E-state index in [0.717, 1.165) is 39.5 Å². The molecule has 7 nitrogen and oxygen atoms in total. The molecule has 214 valence electrons. The van der Waals surface area contributed by atoms with Crippen molar-refractivity contribution in [1.29, 1.82) is 0 Å². The standard InChI is InChI=1S/C31H38FN3O4S/c1-6-24(5)33-31(37)29(7-2)34(20-25-12-8-22(3)9-13-25)30(36)21-35(27-16-14-26(32)15-17-27)40(38,39)28-18-10-23(4)11-19-28/h8-19,24,29H,6-7,20-21H2,1-5H3,(H,33,37)/t24-,29+/m1/s1. The molecule has 9 heteroatoms. The summed E-state index contributed by atoms with van der Waals surface area (Å²) in [4.78, 5) is 28.8. The van der Waals surface area contributed by atoms with Gasteiger partial charge in [0.05, 0.1) is 10.6 Å². The number of hydrogen-bond acceptors (Lipinski definition) is 4. The third-order valence-electron chi connectivity index (χ3n) is 6.86. The van der Waals surface area contributed by atoms with Crippen LogP contribution < -0.4 is 9.62 Å². The third kappa shape index (κ3) is 7.69. The van der Waals surface area contributed by atoms with Crippen LogP contribution in [-0.4, -0.2) is 43.8 Å². The molecule has 0 fully saturated rings. The molecule has 0 bridgehead atoms. The zero-order valence-electron chi connectivity index (χ0n) is 23.7. The number of aryl methyl sites for hydroxylation is 2. The Morgan fingerprint density at radius 2 is 1.40 bits per heavy atom. The van der Waals surface area contributed by atoms with Gasteiger partial charge in [-0.05, 0) is 75.6 Å². The first-order chi connectivity index (χ1) is 19.0. The fourth-order valence-corrected chi connectivity index (χ4v) is 5.64. The van der Waals surface area contributed by atoms with Gasteiger partial charge < -0.3 is 10.2 Å². The lowest BCUT2D eigenvalue weighted by atomic mass is 10.1. The third-order valence-corrected chi connectivity index (χ3v) is 8.65. The lowest BCUT2D eigenvalue weighted by Gasteiger charge is -2.33. The zero-order valence-corrected chi connectivity index (χ0v) is 24.5. The summed E-state index contributed by atoms with van der Waals surface area (Å²) in [6.45, 7) is 9.01. The van der Waals surface area contributed by atoms with Crippen LogP contribution >= 0.6 is 0 Å². The van der Waals surface area contributed by atoms with Crippen molar-refractivity contribution < 1.29 is 22.4 Å². The molecule has 2 amide bonds. The van der Waals surface area contributed by atoms with Crippen molar-refractivity contribution in [2.24, 2.45) is 0 Å². The van der Waals surface area contributed by atoms with Crippen LogP contribution in [0.5, 0.6) is 0 Å². The van der Waals surface area contributed by atoms with Gasteiger partial charge >= 0.3 is 0 Å².